The summed E-state index contributed by atoms with van der Waals surface area (Å²) in [7, 11) is 0. The van der Waals surface area contributed by atoms with E-state index in [0.29, 0.717) is 5.56 Å². The lowest BCUT2D eigenvalue weighted by Crippen LogP contribution is -2.01. The minimum absolute atomic E-state index is 0.00574. The summed E-state index contributed by atoms with van der Waals surface area (Å²) >= 11 is 3.24. The van der Waals surface area contributed by atoms with Crippen molar-refractivity contribution in [3.05, 3.63) is 62.6 Å². The Labute approximate surface area is 116 Å². The zero-order chi connectivity index (χ0) is 13.8. The molecule has 2 rings (SSSR count). The van der Waals surface area contributed by atoms with Crippen molar-refractivity contribution in [1.29, 1.82) is 0 Å². The summed E-state index contributed by atoms with van der Waals surface area (Å²) in [5.41, 5.74) is 0.273. The summed E-state index contributed by atoms with van der Waals surface area (Å²) in [4.78, 5) is 14.0. The van der Waals surface area contributed by atoms with Crippen LogP contribution >= 0.6 is 15.9 Å². The molecule has 7 heteroatoms. The minimum Gasteiger partial charge on any atom is -0.480 e. The first-order valence-corrected chi connectivity index (χ1v) is 6.02. The average molecular weight is 327 g/mol. The molecule has 0 radical (unpaired) electrons. The highest BCUT2D eigenvalue weighted by Crippen LogP contribution is 2.30. The second kappa shape index (κ2) is 5.75. The molecule has 0 atom stereocenters. The van der Waals surface area contributed by atoms with Crippen LogP contribution in [0.4, 0.5) is 10.1 Å². The molecule has 0 N–H and O–H groups in total. The molecule has 0 saturated carbocycles. The molecule has 2 aromatic rings. The van der Waals surface area contributed by atoms with Crippen molar-refractivity contribution in [3.8, 4) is 5.75 Å². The van der Waals surface area contributed by atoms with Gasteiger partial charge in [-0.2, -0.15) is 0 Å². The van der Waals surface area contributed by atoms with Crippen molar-refractivity contribution in [2.75, 3.05) is 0 Å². The van der Waals surface area contributed by atoms with Gasteiger partial charge in [0, 0.05) is 28.5 Å². The van der Waals surface area contributed by atoms with Gasteiger partial charge in [-0.05, 0) is 28.1 Å². The van der Waals surface area contributed by atoms with Crippen molar-refractivity contribution in [2.45, 2.75) is 6.61 Å². The Morgan fingerprint density at radius 2 is 2.21 bits per heavy atom. The van der Waals surface area contributed by atoms with Crippen LogP contribution in [0.2, 0.25) is 0 Å². The van der Waals surface area contributed by atoms with Crippen LogP contribution in [0.1, 0.15) is 5.56 Å². The normalized spacial score (nSPS) is 10.2. The van der Waals surface area contributed by atoms with E-state index in [1.165, 1.54) is 18.3 Å². The number of benzene rings is 1. The molecular weight excluding hydrogens is 319 g/mol. The first-order valence-electron chi connectivity index (χ1n) is 5.23. The number of pyridine rings is 1. The molecule has 1 aromatic heterocycles. The molecule has 0 aliphatic rings. The van der Waals surface area contributed by atoms with Crippen molar-refractivity contribution < 1.29 is 14.1 Å². The van der Waals surface area contributed by atoms with E-state index in [1.54, 1.807) is 12.3 Å². The Hall–Kier alpha value is -2.02. The van der Waals surface area contributed by atoms with Crippen LogP contribution in [0, 0.1) is 15.9 Å². The number of hydrogen-bond acceptors (Lipinski definition) is 4. The number of nitro groups is 1. The van der Waals surface area contributed by atoms with Gasteiger partial charge in [0.1, 0.15) is 6.61 Å². The fourth-order valence-corrected chi connectivity index (χ4v) is 1.89. The first kappa shape index (κ1) is 13.4. The van der Waals surface area contributed by atoms with E-state index in [1.807, 2.05) is 0 Å². The molecule has 0 amide bonds. The SMILES string of the molecule is O=[N+]([O-])c1cccc(F)c1OCc1cncc(Br)c1. The third-order valence-electron chi connectivity index (χ3n) is 2.29. The summed E-state index contributed by atoms with van der Waals surface area (Å²) in [6.07, 6.45) is 3.13. The highest BCUT2D eigenvalue weighted by atomic mass is 79.9. The minimum atomic E-state index is -0.767. The molecule has 0 saturated heterocycles. The number of nitrogens with zero attached hydrogens (tertiary/aromatic N) is 2. The van der Waals surface area contributed by atoms with Gasteiger partial charge in [0.25, 0.3) is 0 Å². The summed E-state index contributed by atoms with van der Waals surface area (Å²) in [5, 5.41) is 10.8. The van der Waals surface area contributed by atoms with Crippen LogP contribution in [0.3, 0.4) is 0 Å². The van der Waals surface area contributed by atoms with Crippen LogP contribution in [-0.4, -0.2) is 9.91 Å². The quantitative estimate of drug-likeness (QED) is 0.637. The predicted molar refractivity (Wildman–Crippen MR) is 69.3 cm³/mol. The van der Waals surface area contributed by atoms with Gasteiger partial charge in [-0.3, -0.25) is 15.1 Å². The maximum absolute atomic E-state index is 13.5. The number of ether oxygens (including phenoxy) is 1. The van der Waals surface area contributed by atoms with E-state index in [-0.39, 0.29) is 12.4 Å². The molecule has 0 aliphatic carbocycles. The molecular formula is C12H8BrFN2O3. The summed E-state index contributed by atoms with van der Waals surface area (Å²) in [6.45, 7) is -0.00574. The average Bonchev–Trinajstić information content (AvgIpc) is 2.37. The van der Waals surface area contributed by atoms with E-state index in [9.17, 15) is 14.5 Å². The van der Waals surface area contributed by atoms with Crippen molar-refractivity contribution in [1.82, 2.24) is 4.98 Å². The zero-order valence-electron chi connectivity index (χ0n) is 9.55. The van der Waals surface area contributed by atoms with E-state index in [2.05, 4.69) is 20.9 Å². The van der Waals surface area contributed by atoms with E-state index in [4.69, 9.17) is 4.74 Å². The van der Waals surface area contributed by atoms with Gasteiger partial charge in [-0.15, -0.1) is 0 Å². The third-order valence-corrected chi connectivity index (χ3v) is 2.72. The summed E-state index contributed by atoms with van der Waals surface area (Å²) < 4.78 is 19.5. The van der Waals surface area contributed by atoms with Crippen molar-refractivity contribution >= 4 is 21.6 Å². The van der Waals surface area contributed by atoms with Crippen LogP contribution in [0.25, 0.3) is 0 Å². The monoisotopic (exact) mass is 326 g/mol. The molecule has 98 valence electrons. The van der Waals surface area contributed by atoms with Gasteiger partial charge in [0.2, 0.25) is 5.75 Å². The second-order valence-corrected chi connectivity index (χ2v) is 4.56. The fourth-order valence-electron chi connectivity index (χ4n) is 1.47. The molecule has 1 heterocycles. The van der Waals surface area contributed by atoms with Crippen molar-refractivity contribution in [3.63, 3.8) is 0 Å². The number of nitro benzene ring substituents is 1. The number of halogens is 2. The topological polar surface area (TPSA) is 65.3 Å². The number of aromatic nitrogens is 1. The molecule has 19 heavy (non-hydrogen) atoms. The Kier molecular flexibility index (Phi) is 4.06. The first-order chi connectivity index (χ1) is 9.08. The van der Waals surface area contributed by atoms with Gasteiger partial charge >= 0.3 is 5.69 Å². The Bertz CT molecular complexity index is 622. The maximum atomic E-state index is 13.5. The summed E-state index contributed by atoms with van der Waals surface area (Å²) in [5.74, 6) is -1.13. The van der Waals surface area contributed by atoms with Crippen LogP contribution in [-0.2, 0) is 6.61 Å². The Morgan fingerprint density at radius 1 is 1.42 bits per heavy atom. The van der Waals surface area contributed by atoms with Gasteiger partial charge in [0.15, 0.2) is 5.82 Å². The Morgan fingerprint density at radius 3 is 2.89 bits per heavy atom. The zero-order valence-corrected chi connectivity index (χ0v) is 11.1. The van der Waals surface area contributed by atoms with Gasteiger partial charge in [-0.1, -0.05) is 6.07 Å². The molecule has 0 spiro atoms. The number of para-hydroxylation sites is 1. The van der Waals surface area contributed by atoms with Gasteiger partial charge in [-0.25, -0.2) is 4.39 Å². The number of hydrogen-bond donors (Lipinski definition) is 0. The predicted octanol–water partition coefficient (Wildman–Crippen LogP) is 3.47. The molecule has 1 aromatic carbocycles. The number of rotatable bonds is 4. The lowest BCUT2D eigenvalue weighted by Gasteiger charge is -2.07. The Balaban J connectivity index is 2.22. The van der Waals surface area contributed by atoms with E-state index >= 15 is 0 Å². The van der Waals surface area contributed by atoms with E-state index < -0.39 is 16.4 Å². The largest absolute Gasteiger partial charge is 0.480 e. The maximum Gasteiger partial charge on any atom is 0.314 e. The lowest BCUT2D eigenvalue weighted by molar-refractivity contribution is -0.386. The van der Waals surface area contributed by atoms with Gasteiger partial charge < -0.3 is 4.74 Å². The van der Waals surface area contributed by atoms with Gasteiger partial charge in [0.05, 0.1) is 4.92 Å². The van der Waals surface area contributed by atoms with Crippen LogP contribution < -0.4 is 4.74 Å². The lowest BCUT2D eigenvalue weighted by atomic mass is 10.2. The standard InChI is InChI=1S/C12H8BrFN2O3/c13-9-4-8(5-15-6-9)7-19-12-10(14)2-1-3-11(12)16(17)18/h1-6H,7H2. The molecule has 0 bridgehead atoms. The van der Waals surface area contributed by atoms with Crippen LogP contribution in [0.5, 0.6) is 5.75 Å². The fraction of sp³-hybridized carbons (Fsp3) is 0.0833. The molecule has 0 aliphatic heterocycles. The highest BCUT2D eigenvalue weighted by Gasteiger charge is 2.19. The molecule has 0 fully saturated rings. The molecule has 0 unspecified atom stereocenters. The summed E-state index contributed by atoms with van der Waals surface area (Å²) in [6, 6.07) is 5.31. The smallest absolute Gasteiger partial charge is 0.314 e. The third kappa shape index (κ3) is 3.25. The second-order valence-electron chi connectivity index (χ2n) is 3.65. The molecule has 5 nitrogen and oxygen atoms in total. The van der Waals surface area contributed by atoms with Crippen LogP contribution in [0.15, 0.2) is 41.1 Å². The van der Waals surface area contributed by atoms with E-state index in [0.717, 1.165) is 10.5 Å². The highest BCUT2D eigenvalue weighted by molar-refractivity contribution is 9.10. The van der Waals surface area contributed by atoms with Crippen molar-refractivity contribution in [2.24, 2.45) is 0 Å².